The highest BCUT2D eigenvalue weighted by molar-refractivity contribution is 6.29. The van der Waals surface area contributed by atoms with E-state index in [9.17, 15) is 18.0 Å². The van der Waals surface area contributed by atoms with Gasteiger partial charge in [0.25, 0.3) is 5.91 Å². The smallest absolute Gasteiger partial charge is 0.416 e. The third kappa shape index (κ3) is 5.25. The molecule has 3 aromatic rings. The van der Waals surface area contributed by atoms with E-state index >= 15 is 0 Å². The summed E-state index contributed by atoms with van der Waals surface area (Å²) in [6, 6.07) is 20.6. The molecule has 0 radical (unpaired) electrons. The molecule has 0 unspecified atom stereocenters. The summed E-state index contributed by atoms with van der Waals surface area (Å²) in [5.41, 5.74) is 1.36. The van der Waals surface area contributed by atoms with Crippen LogP contribution in [-0.4, -0.2) is 13.0 Å². The van der Waals surface area contributed by atoms with E-state index in [1.165, 1.54) is 12.1 Å². The largest absolute Gasteiger partial charge is 0.497 e. The number of nitrogens with one attached hydrogen (secondary N) is 1. The Bertz CT molecular complexity index is 993. The van der Waals surface area contributed by atoms with Crippen LogP contribution in [0.25, 0.3) is 11.6 Å². The van der Waals surface area contributed by atoms with E-state index in [1.54, 1.807) is 37.5 Å². The molecule has 1 amide bonds. The zero-order chi connectivity index (χ0) is 20.9. The summed E-state index contributed by atoms with van der Waals surface area (Å²) >= 11 is 0. The Balaban J connectivity index is 1.89. The first-order valence-electron chi connectivity index (χ1n) is 8.76. The Morgan fingerprint density at radius 1 is 0.897 bits per heavy atom. The van der Waals surface area contributed by atoms with Gasteiger partial charge < -0.3 is 10.1 Å². The number of ether oxygens (including phenoxy) is 1. The lowest BCUT2D eigenvalue weighted by Gasteiger charge is -2.11. The molecule has 0 spiro atoms. The van der Waals surface area contributed by atoms with Crippen LogP contribution in [0.15, 0.2) is 78.9 Å². The predicted molar refractivity (Wildman–Crippen MR) is 107 cm³/mol. The van der Waals surface area contributed by atoms with Crippen LogP contribution < -0.4 is 10.1 Å². The highest BCUT2D eigenvalue weighted by Gasteiger charge is 2.30. The van der Waals surface area contributed by atoms with Gasteiger partial charge in [-0.3, -0.25) is 4.79 Å². The summed E-state index contributed by atoms with van der Waals surface area (Å²) in [4.78, 5) is 12.9. The zero-order valence-corrected chi connectivity index (χ0v) is 15.5. The van der Waals surface area contributed by atoms with Gasteiger partial charge in [0.2, 0.25) is 0 Å². The molecule has 148 valence electrons. The molecular weight excluding hydrogens is 379 g/mol. The molecule has 0 saturated heterocycles. The van der Waals surface area contributed by atoms with Gasteiger partial charge in [-0.15, -0.1) is 0 Å². The third-order valence-electron chi connectivity index (χ3n) is 4.23. The number of alkyl halides is 3. The van der Waals surface area contributed by atoms with E-state index in [2.05, 4.69) is 5.32 Å². The van der Waals surface area contributed by atoms with Gasteiger partial charge >= 0.3 is 6.18 Å². The summed E-state index contributed by atoms with van der Waals surface area (Å²) in [5.74, 6) is 0.268. The predicted octanol–water partition coefficient (Wildman–Crippen LogP) is 5.89. The second kappa shape index (κ2) is 8.65. The molecule has 6 heteroatoms. The van der Waals surface area contributed by atoms with E-state index in [4.69, 9.17) is 4.74 Å². The molecule has 0 heterocycles. The quantitative estimate of drug-likeness (QED) is 0.430. The van der Waals surface area contributed by atoms with Crippen molar-refractivity contribution in [2.45, 2.75) is 6.18 Å². The van der Waals surface area contributed by atoms with E-state index < -0.39 is 17.6 Å². The Morgan fingerprint density at radius 3 is 2.07 bits per heavy atom. The lowest BCUT2D eigenvalue weighted by Crippen LogP contribution is -2.14. The highest BCUT2D eigenvalue weighted by Crippen LogP contribution is 2.30. The average molecular weight is 397 g/mol. The normalized spacial score (nSPS) is 11.8. The first-order chi connectivity index (χ1) is 13.9. The maximum Gasteiger partial charge on any atom is 0.416 e. The lowest BCUT2D eigenvalue weighted by molar-refractivity contribution is -0.137. The van der Waals surface area contributed by atoms with Gasteiger partial charge in [0, 0.05) is 11.3 Å². The molecule has 0 saturated carbocycles. The van der Waals surface area contributed by atoms with Crippen molar-refractivity contribution in [2.24, 2.45) is 0 Å². The molecule has 0 bridgehead atoms. The van der Waals surface area contributed by atoms with Crippen LogP contribution in [-0.2, 0) is 11.0 Å². The Kier molecular flexibility index (Phi) is 6.02. The van der Waals surface area contributed by atoms with Crippen LogP contribution in [0.1, 0.15) is 16.7 Å². The number of halogens is 3. The first kappa shape index (κ1) is 20.2. The summed E-state index contributed by atoms with van der Waals surface area (Å²) in [7, 11) is 1.57. The van der Waals surface area contributed by atoms with Gasteiger partial charge in [0.1, 0.15) is 5.75 Å². The molecule has 0 aliphatic rings. The van der Waals surface area contributed by atoms with Gasteiger partial charge in [0.05, 0.1) is 12.7 Å². The number of carbonyl (C=O) groups excluding carboxylic acids is 1. The number of methoxy groups -OCH3 is 1. The molecular formula is C23H18F3NO2. The second-order valence-corrected chi connectivity index (χ2v) is 6.23. The molecule has 0 aliphatic carbocycles. The van der Waals surface area contributed by atoms with Crippen LogP contribution in [0, 0.1) is 0 Å². The Morgan fingerprint density at radius 2 is 1.52 bits per heavy atom. The first-order valence-corrected chi connectivity index (χ1v) is 8.76. The minimum Gasteiger partial charge on any atom is -0.497 e. The summed E-state index contributed by atoms with van der Waals surface area (Å²) in [5, 5.41) is 2.66. The van der Waals surface area contributed by atoms with Crippen LogP contribution in [0.5, 0.6) is 5.75 Å². The van der Waals surface area contributed by atoms with E-state index in [1.807, 2.05) is 30.3 Å². The number of hydrogen-bond acceptors (Lipinski definition) is 2. The van der Waals surface area contributed by atoms with Crippen molar-refractivity contribution in [3.63, 3.8) is 0 Å². The van der Waals surface area contributed by atoms with Gasteiger partial charge in [-0.25, -0.2) is 0 Å². The third-order valence-corrected chi connectivity index (χ3v) is 4.23. The van der Waals surface area contributed by atoms with Crippen molar-refractivity contribution < 1.29 is 22.7 Å². The second-order valence-electron chi connectivity index (χ2n) is 6.23. The van der Waals surface area contributed by atoms with Gasteiger partial charge in [0.15, 0.2) is 0 Å². The molecule has 0 aromatic heterocycles. The van der Waals surface area contributed by atoms with Crippen molar-refractivity contribution in [2.75, 3.05) is 12.4 Å². The molecule has 0 aliphatic heterocycles. The number of benzene rings is 3. The van der Waals surface area contributed by atoms with Crippen LogP contribution >= 0.6 is 0 Å². The SMILES string of the molecule is COc1ccc(/C=C(/C(=O)Nc2ccc(C(F)(F)F)cc2)c2ccccc2)cc1. The molecule has 1 N–H and O–H groups in total. The summed E-state index contributed by atoms with van der Waals surface area (Å²) < 4.78 is 43.3. The highest BCUT2D eigenvalue weighted by atomic mass is 19.4. The van der Waals surface area contributed by atoms with Crippen molar-refractivity contribution in [1.82, 2.24) is 0 Å². The summed E-state index contributed by atoms with van der Waals surface area (Å²) in [6.07, 6.45) is -2.71. The lowest BCUT2D eigenvalue weighted by atomic mass is 10.0. The van der Waals surface area contributed by atoms with E-state index in [0.29, 0.717) is 16.9 Å². The van der Waals surface area contributed by atoms with E-state index in [0.717, 1.165) is 17.7 Å². The molecule has 0 atom stereocenters. The fraction of sp³-hybridized carbons (Fsp3) is 0.0870. The number of anilines is 1. The van der Waals surface area contributed by atoms with Crippen molar-refractivity contribution in [3.05, 3.63) is 95.6 Å². The Hall–Kier alpha value is -3.54. The van der Waals surface area contributed by atoms with E-state index in [-0.39, 0.29) is 5.69 Å². The summed E-state index contributed by atoms with van der Waals surface area (Å²) in [6.45, 7) is 0. The van der Waals surface area contributed by atoms with Gasteiger partial charge in [-0.1, -0.05) is 42.5 Å². The molecule has 29 heavy (non-hydrogen) atoms. The standard InChI is InChI=1S/C23H18F3NO2/c1-29-20-13-7-16(8-14-20)15-21(17-5-3-2-4-6-17)22(28)27-19-11-9-18(10-12-19)23(24,25)26/h2-15H,1H3,(H,27,28)/b21-15+. The number of rotatable bonds is 5. The van der Waals surface area contributed by atoms with Crippen LogP contribution in [0.2, 0.25) is 0 Å². The average Bonchev–Trinajstić information content (AvgIpc) is 2.72. The topological polar surface area (TPSA) is 38.3 Å². The van der Waals surface area contributed by atoms with Crippen molar-refractivity contribution in [1.29, 1.82) is 0 Å². The minimum atomic E-state index is -4.42. The molecule has 3 nitrogen and oxygen atoms in total. The van der Waals surface area contributed by atoms with Gasteiger partial charge in [-0.05, 0) is 53.6 Å². The maximum absolute atomic E-state index is 12.9. The monoisotopic (exact) mass is 397 g/mol. The molecule has 0 fully saturated rings. The van der Waals surface area contributed by atoms with Crippen molar-refractivity contribution >= 4 is 23.2 Å². The fourth-order valence-electron chi connectivity index (χ4n) is 2.71. The number of amides is 1. The maximum atomic E-state index is 12.9. The molecule has 3 rings (SSSR count). The minimum absolute atomic E-state index is 0.277. The number of carbonyl (C=O) groups is 1. The number of hydrogen-bond donors (Lipinski definition) is 1. The Labute approximate surface area is 166 Å². The van der Waals surface area contributed by atoms with Gasteiger partial charge in [-0.2, -0.15) is 13.2 Å². The van der Waals surface area contributed by atoms with Crippen LogP contribution in [0.3, 0.4) is 0 Å². The molecule has 3 aromatic carbocycles. The fourth-order valence-corrected chi connectivity index (χ4v) is 2.71. The van der Waals surface area contributed by atoms with Crippen molar-refractivity contribution in [3.8, 4) is 5.75 Å². The van der Waals surface area contributed by atoms with Crippen LogP contribution in [0.4, 0.5) is 18.9 Å². The zero-order valence-electron chi connectivity index (χ0n) is 15.5.